The van der Waals surface area contributed by atoms with E-state index in [-0.39, 0.29) is 0 Å². The Kier molecular flexibility index (Phi) is 4.55. The van der Waals surface area contributed by atoms with Crippen molar-refractivity contribution in [3.8, 4) is 0 Å². The molecule has 1 atom stereocenters. The standard InChI is InChI=1S/C15H24N2/c1-3-17-15(14-5-4-10-16-11-14)13-8-6-12(2)7-9-13/h4-5,10-13,15,17H,3,6-9H2,1-2H3. The minimum absolute atomic E-state index is 0.501. The lowest BCUT2D eigenvalue weighted by molar-refractivity contribution is 0.233. The van der Waals surface area contributed by atoms with Crippen LogP contribution in [0.1, 0.15) is 51.1 Å². The first-order chi connectivity index (χ1) is 8.31. The fourth-order valence-corrected chi connectivity index (χ4v) is 2.96. The first-order valence-electron chi connectivity index (χ1n) is 6.94. The molecule has 1 N–H and O–H groups in total. The van der Waals surface area contributed by atoms with Crippen molar-refractivity contribution in [2.24, 2.45) is 11.8 Å². The van der Waals surface area contributed by atoms with Crippen molar-refractivity contribution in [3.05, 3.63) is 30.1 Å². The molecule has 1 aromatic rings. The maximum atomic E-state index is 4.26. The molecule has 0 aromatic carbocycles. The number of aromatic nitrogens is 1. The summed E-state index contributed by atoms with van der Waals surface area (Å²) in [6, 6.07) is 4.75. The zero-order valence-electron chi connectivity index (χ0n) is 11.0. The van der Waals surface area contributed by atoms with Crippen LogP contribution in [0.2, 0.25) is 0 Å². The minimum atomic E-state index is 0.501. The number of rotatable bonds is 4. The number of hydrogen-bond acceptors (Lipinski definition) is 2. The third-order valence-electron chi connectivity index (χ3n) is 4.00. The Labute approximate surface area is 105 Å². The molecule has 1 heterocycles. The fourth-order valence-electron chi connectivity index (χ4n) is 2.96. The molecule has 1 fully saturated rings. The van der Waals surface area contributed by atoms with E-state index in [0.29, 0.717) is 6.04 Å². The van der Waals surface area contributed by atoms with Crippen LogP contribution in [0.3, 0.4) is 0 Å². The molecule has 1 aromatic heterocycles. The Bertz CT molecular complexity index is 315. The molecule has 0 amide bonds. The molecule has 17 heavy (non-hydrogen) atoms. The van der Waals surface area contributed by atoms with Crippen LogP contribution in [0.5, 0.6) is 0 Å². The van der Waals surface area contributed by atoms with Gasteiger partial charge in [0.05, 0.1) is 0 Å². The highest BCUT2D eigenvalue weighted by atomic mass is 14.9. The van der Waals surface area contributed by atoms with Gasteiger partial charge in [-0.15, -0.1) is 0 Å². The molecule has 1 aliphatic carbocycles. The van der Waals surface area contributed by atoms with Gasteiger partial charge in [0.15, 0.2) is 0 Å². The molecule has 1 unspecified atom stereocenters. The van der Waals surface area contributed by atoms with Crippen LogP contribution in [0, 0.1) is 11.8 Å². The molecule has 2 rings (SSSR count). The summed E-state index contributed by atoms with van der Waals surface area (Å²) in [7, 11) is 0. The van der Waals surface area contributed by atoms with Gasteiger partial charge in [0.25, 0.3) is 0 Å². The first kappa shape index (κ1) is 12.6. The molecule has 2 heteroatoms. The lowest BCUT2D eigenvalue weighted by Crippen LogP contribution is -2.30. The smallest absolute Gasteiger partial charge is 0.0363 e. The van der Waals surface area contributed by atoms with Crippen molar-refractivity contribution in [2.45, 2.75) is 45.6 Å². The predicted octanol–water partition coefficient (Wildman–Crippen LogP) is 3.56. The van der Waals surface area contributed by atoms with Gasteiger partial charge in [0.2, 0.25) is 0 Å². The first-order valence-corrected chi connectivity index (χ1v) is 6.94. The van der Waals surface area contributed by atoms with E-state index in [1.807, 2.05) is 18.5 Å². The van der Waals surface area contributed by atoms with Crippen molar-refractivity contribution >= 4 is 0 Å². The molecule has 0 aliphatic heterocycles. The highest BCUT2D eigenvalue weighted by Crippen LogP contribution is 2.36. The Morgan fingerprint density at radius 1 is 1.35 bits per heavy atom. The second-order valence-electron chi connectivity index (χ2n) is 5.34. The molecule has 0 spiro atoms. The van der Waals surface area contributed by atoms with Gasteiger partial charge in [-0.2, -0.15) is 0 Å². The Balaban J connectivity index is 2.07. The summed E-state index contributed by atoms with van der Waals surface area (Å²) in [6.45, 7) is 5.60. The van der Waals surface area contributed by atoms with E-state index in [1.165, 1.54) is 31.2 Å². The quantitative estimate of drug-likeness (QED) is 0.858. The van der Waals surface area contributed by atoms with Gasteiger partial charge in [-0.1, -0.05) is 32.8 Å². The predicted molar refractivity (Wildman–Crippen MR) is 71.8 cm³/mol. The molecule has 2 nitrogen and oxygen atoms in total. The van der Waals surface area contributed by atoms with Crippen molar-refractivity contribution in [2.75, 3.05) is 6.54 Å². The summed E-state index contributed by atoms with van der Waals surface area (Å²) in [5.41, 5.74) is 1.36. The molecule has 94 valence electrons. The average Bonchev–Trinajstić information content (AvgIpc) is 2.38. The normalized spacial score (nSPS) is 26.7. The second-order valence-corrected chi connectivity index (χ2v) is 5.34. The third kappa shape index (κ3) is 3.29. The SMILES string of the molecule is CCNC(c1cccnc1)C1CCC(C)CC1. The maximum Gasteiger partial charge on any atom is 0.0363 e. The van der Waals surface area contributed by atoms with E-state index in [2.05, 4.69) is 30.2 Å². The van der Waals surface area contributed by atoms with Gasteiger partial charge in [-0.3, -0.25) is 4.98 Å². The van der Waals surface area contributed by atoms with Crippen molar-refractivity contribution in [1.82, 2.24) is 10.3 Å². The molecule has 1 aliphatic rings. The van der Waals surface area contributed by atoms with E-state index < -0.39 is 0 Å². The van der Waals surface area contributed by atoms with Gasteiger partial charge >= 0.3 is 0 Å². The van der Waals surface area contributed by atoms with Crippen molar-refractivity contribution in [3.63, 3.8) is 0 Å². The highest BCUT2D eigenvalue weighted by Gasteiger charge is 2.26. The lowest BCUT2D eigenvalue weighted by Gasteiger charge is -2.33. The molecular weight excluding hydrogens is 208 g/mol. The van der Waals surface area contributed by atoms with Gasteiger partial charge in [0.1, 0.15) is 0 Å². The van der Waals surface area contributed by atoms with Crippen LogP contribution < -0.4 is 5.32 Å². The van der Waals surface area contributed by atoms with E-state index in [4.69, 9.17) is 0 Å². The third-order valence-corrected chi connectivity index (χ3v) is 4.00. The van der Waals surface area contributed by atoms with E-state index >= 15 is 0 Å². The average molecular weight is 232 g/mol. The van der Waals surface area contributed by atoms with E-state index in [1.54, 1.807) is 0 Å². The Hall–Kier alpha value is -0.890. The Morgan fingerprint density at radius 3 is 2.71 bits per heavy atom. The summed E-state index contributed by atoms with van der Waals surface area (Å²) < 4.78 is 0. The van der Waals surface area contributed by atoms with Crippen LogP contribution in [-0.4, -0.2) is 11.5 Å². The van der Waals surface area contributed by atoms with Crippen LogP contribution in [-0.2, 0) is 0 Å². The highest BCUT2D eigenvalue weighted by molar-refractivity contribution is 5.15. The van der Waals surface area contributed by atoms with E-state index in [0.717, 1.165) is 18.4 Å². The zero-order valence-corrected chi connectivity index (χ0v) is 11.0. The largest absolute Gasteiger partial charge is 0.310 e. The molecule has 0 saturated heterocycles. The van der Waals surface area contributed by atoms with Crippen LogP contribution in [0.25, 0.3) is 0 Å². The molecule has 0 bridgehead atoms. The lowest BCUT2D eigenvalue weighted by atomic mass is 9.77. The van der Waals surface area contributed by atoms with Gasteiger partial charge in [-0.05, 0) is 42.9 Å². The van der Waals surface area contributed by atoms with Crippen molar-refractivity contribution < 1.29 is 0 Å². The monoisotopic (exact) mass is 232 g/mol. The summed E-state index contributed by atoms with van der Waals surface area (Å²) in [6.07, 6.45) is 9.35. The number of nitrogens with one attached hydrogen (secondary N) is 1. The summed E-state index contributed by atoms with van der Waals surface area (Å²) >= 11 is 0. The second kappa shape index (κ2) is 6.15. The number of nitrogens with zero attached hydrogens (tertiary/aromatic N) is 1. The number of pyridine rings is 1. The summed E-state index contributed by atoms with van der Waals surface area (Å²) in [5.74, 6) is 1.71. The summed E-state index contributed by atoms with van der Waals surface area (Å²) in [5, 5.41) is 3.64. The molecule has 1 saturated carbocycles. The van der Waals surface area contributed by atoms with E-state index in [9.17, 15) is 0 Å². The fraction of sp³-hybridized carbons (Fsp3) is 0.667. The molecule has 0 radical (unpaired) electrons. The van der Waals surface area contributed by atoms with Crippen LogP contribution in [0.15, 0.2) is 24.5 Å². The number of hydrogen-bond donors (Lipinski definition) is 1. The summed E-state index contributed by atoms with van der Waals surface area (Å²) in [4.78, 5) is 4.26. The minimum Gasteiger partial charge on any atom is -0.310 e. The van der Waals surface area contributed by atoms with Crippen LogP contribution >= 0.6 is 0 Å². The van der Waals surface area contributed by atoms with Crippen molar-refractivity contribution in [1.29, 1.82) is 0 Å². The van der Waals surface area contributed by atoms with Gasteiger partial charge in [-0.25, -0.2) is 0 Å². The molecular formula is C15H24N2. The van der Waals surface area contributed by atoms with Crippen LogP contribution in [0.4, 0.5) is 0 Å². The Morgan fingerprint density at radius 2 is 2.12 bits per heavy atom. The zero-order chi connectivity index (χ0) is 12.1. The topological polar surface area (TPSA) is 24.9 Å². The van der Waals surface area contributed by atoms with Gasteiger partial charge in [0, 0.05) is 18.4 Å². The van der Waals surface area contributed by atoms with Gasteiger partial charge < -0.3 is 5.32 Å². The maximum absolute atomic E-state index is 4.26.